The molecule has 0 heterocycles. The molecule has 0 aromatic carbocycles. The minimum atomic E-state index is -1.65. The Morgan fingerprint density at radius 1 is 0.864 bits per heavy atom. The molecule has 0 unspecified atom stereocenters. The smallest absolute Gasteiger partial charge is 0.305 e. The fourth-order valence-corrected chi connectivity index (χ4v) is 1.84. The average Bonchev–Trinajstić information content (AvgIpc) is 2.57. The second-order valence-corrected chi connectivity index (χ2v) is 4.99. The van der Waals surface area contributed by atoms with Crippen LogP contribution in [0.2, 0.25) is 0 Å². The van der Waals surface area contributed by atoms with Crippen molar-refractivity contribution in [1.82, 2.24) is 0 Å². The molecule has 0 amide bonds. The van der Waals surface area contributed by atoms with Gasteiger partial charge in [-0.1, -0.05) is 62.6 Å². The Labute approximate surface area is 142 Å². The number of hydrogen-bond donors (Lipinski definition) is 0. The molecule has 0 saturated heterocycles. The fourth-order valence-electron chi connectivity index (χ4n) is 1.84. The summed E-state index contributed by atoms with van der Waals surface area (Å²) < 4.78 is 36.2. The number of allylic oxidation sites excluding steroid dienone is 6. The first kappa shape index (κ1) is 14.3. The second kappa shape index (κ2) is 17.7. The van der Waals surface area contributed by atoms with Gasteiger partial charge in [-0.05, 0) is 45.4 Å². The first-order valence-corrected chi connectivity index (χ1v) is 8.44. The summed E-state index contributed by atoms with van der Waals surface area (Å²) in [7, 11) is 0. The van der Waals surface area contributed by atoms with E-state index in [2.05, 4.69) is 0 Å². The third-order valence-corrected chi connectivity index (χ3v) is 3.00. The molecule has 0 aliphatic rings. The van der Waals surface area contributed by atoms with Gasteiger partial charge in [0.15, 0.2) is 0 Å². The molecule has 0 rings (SSSR count). The molecule has 2 heteroatoms. The van der Waals surface area contributed by atoms with Crippen molar-refractivity contribution in [2.24, 2.45) is 0 Å². The SMILES string of the molecule is [2H]C([2H])(/C=C\CC)/C=C\C([2H])([2H])/C=C\CCCCCCCC(=O)OCC. The van der Waals surface area contributed by atoms with Crippen molar-refractivity contribution >= 4 is 5.97 Å². The van der Waals surface area contributed by atoms with Gasteiger partial charge < -0.3 is 4.74 Å². The molecule has 0 aliphatic carbocycles. The van der Waals surface area contributed by atoms with E-state index in [-0.39, 0.29) is 5.97 Å². The fraction of sp³-hybridized carbons (Fsp3) is 0.650. The molecule has 0 aliphatic heterocycles. The van der Waals surface area contributed by atoms with E-state index in [0.29, 0.717) is 13.0 Å². The van der Waals surface area contributed by atoms with E-state index in [0.717, 1.165) is 44.9 Å². The predicted octanol–water partition coefficient (Wildman–Crippen LogP) is 6.14. The van der Waals surface area contributed by atoms with E-state index >= 15 is 0 Å². The van der Waals surface area contributed by atoms with Crippen LogP contribution in [-0.4, -0.2) is 12.6 Å². The zero-order valence-corrected chi connectivity index (χ0v) is 14.1. The maximum atomic E-state index is 11.2. The Morgan fingerprint density at radius 3 is 2.14 bits per heavy atom. The van der Waals surface area contributed by atoms with Crippen LogP contribution in [0, 0.1) is 0 Å². The van der Waals surface area contributed by atoms with Crippen LogP contribution >= 0.6 is 0 Å². The Balaban J connectivity index is 3.95. The maximum absolute atomic E-state index is 11.2. The van der Waals surface area contributed by atoms with Gasteiger partial charge in [0.1, 0.15) is 0 Å². The molecule has 0 N–H and O–H groups in total. The van der Waals surface area contributed by atoms with Crippen molar-refractivity contribution in [2.75, 3.05) is 6.61 Å². The summed E-state index contributed by atoms with van der Waals surface area (Å²) in [6.45, 7) is 4.18. The molecule has 0 fully saturated rings. The molecular weight excluding hydrogens is 272 g/mol. The second-order valence-electron chi connectivity index (χ2n) is 4.99. The lowest BCUT2D eigenvalue weighted by Crippen LogP contribution is -2.03. The molecule has 22 heavy (non-hydrogen) atoms. The minimum Gasteiger partial charge on any atom is -0.466 e. The normalized spacial score (nSPS) is 15.9. The largest absolute Gasteiger partial charge is 0.466 e. The summed E-state index contributed by atoms with van der Waals surface area (Å²) in [5.74, 6) is -0.125. The van der Waals surface area contributed by atoms with Gasteiger partial charge in [-0.3, -0.25) is 4.79 Å². The third kappa shape index (κ3) is 16.7. The summed E-state index contributed by atoms with van der Waals surface area (Å²) in [5.41, 5.74) is 0. The van der Waals surface area contributed by atoms with Crippen molar-refractivity contribution in [2.45, 2.75) is 78.0 Å². The zero-order valence-electron chi connectivity index (χ0n) is 18.1. The lowest BCUT2D eigenvalue weighted by atomic mass is 10.1. The van der Waals surface area contributed by atoms with Crippen LogP contribution in [0.25, 0.3) is 0 Å². The van der Waals surface area contributed by atoms with Gasteiger partial charge in [-0.15, -0.1) is 0 Å². The first-order valence-electron chi connectivity index (χ1n) is 10.4. The molecule has 0 atom stereocenters. The van der Waals surface area contributed by atoms with Crippen molar-refractivity contribution in [1.29, 1.82) is 0 Å². The number of esters is 1. The third-order valence-electron chi connectivity index (χ3n) is 3.00. The highest BCUT2D eigenvalue weighted by Gasteiger charge is 2.00. The van der Waals surface area contributed by atoms with Crippen LogP contribution in [0.1, 0.15) is 83.4 Å². The number of carbonyl (C=O) groups is 1. The van der Waals surface area contributed by atoms with Gasteiger partial charge in [0, 0.05) is 11.9 Å². The van der Waals surface area contributed by atoms with E-state index in [1.807, 2.05) is 19.9 Å². The molecule has 0 aromatic rings. The highest BCUT2D eigenvalue weighted by Crippen LogP contribution is 2.08. The summed E-state index contributed by atoms with van der Waals surface area (Å²) in [6.07, 6.45) is 12.8. The minimum absolute atomic E-state index is 0.125. The number of hydrogen-bond acceptors (Lipinski definition) is 2. The topological polar surface area (TPSA) is 26.3 Å². The molecule has 2 nitrogen and oxygen atoms in total. The molecular formula is C20H34O2. The lowest BCUT2D eigenvalue weighted by molar-refractivity contribution is -0.143. The van der Waals surface area contributed by atoms with Crippen LogP contribution in [0.3, 0.4) is 0 Å². The Morgan fingerprint density at radius 2 is 1.45 bits per heavy atom. The van der Waals surface area contributed by atoms with E-state index in [4.69, 9.17) is 10.2 Å². The summed E-state index contributed by atoms with van der Waals surface area (Å²) in [4.78, 5) is 11.2. The number of unbranched alkanes of at least 4 members (excludes halogenated alkanes) is 5. The standard InChI is InChI=1S/C20H34O2/c1-3-5-6-7-8-9-10-11-12-13-14-15-16-17-18-19-20(21)22-4-2/h5-6,8-9,11-12H,3-4,7,10,13-19H2,1-2H3/b6-5-,9-8-,12-11-/i7D2,10D2. The molecule has 126 valence electrons. The molecule has 0 bridgehead atoms. The van der Waals surface area contributed by atoms with Crippen molar-refractivity contribution in [3.63, 3.8) is 0 Å². The molecule has 0 radical (unpaired) electrons. The van der Waals surface area contributed by atoms with Gasteiger partial charge >= 0.3 is 5.97 Å². The lowest BCUT2D eigenvalue weighted by Gasteiger charge is -2.01. The zero-order chi connectivity index (χ0) is 19.9. The number of carbonyl (C=O) groups excluding carboxylic acids is 1. The quantitative estimate of drug-likeness (QED) is 0.219. The van der Waals surface area contributed by atoms with E-state index in [1.54, 1.807) is 6.08 Å². The van der Waals surface area contributed by atoms with E-state index in [1.165, 1.54) is 24.3 Å². The van der Waals surface area contributed by atoms with Gasteiger partial charge in [-0.25, -0.2) is 0 Å². The highest BCUT2D eigenvalue weighted by molar-refractivity contribution is 5.69. The average molecular weight is 311 g/mol. The molecule has 0 spiro atoms. The van der Waals surface area contributed by atoms with Gasteiger partial charge in [-0.2, -0.15) is 0 Å². The van der Waals surface area contributed by atoms with Gasteiger partial charge in [0.05, 0.1) is 6.61 Å². The van der Waals surface area contributed by atoms with E-state index < -0.39 is 12.7 Å². The van der Waals surface area contributed by atoms with Crippen LogP contribution in [0.15, 0.2) is 36.5 Å². The number of ether oxygens (including phenoxy) is 1. The van der Waals surface area contributed by atoms with Crippen LogP contribution in [0.4, 0.5) is 0 Å². The Hall–Kier alpha value is -1.31. The first-order chi connectivity index (χ1) is 12.2. The monoisotopic (exact) mass is 310 g/mol. The number of rotatable bonds is 14. The summed E-state index contributed by atoms with van der Waals surface area (Å²) in [6, 6.07) is 0. The van der Waals surface area contributed by atoms with Crippen molar-refractivity contribution < 1.29 is 15.0 Å². The predicted molar refractivity (Wildman–Crippen MR) is 95.9 cm³/mol. The van der Waals surface area contributed by atoms with Crippen molar-refractivity contribution in [3.05, 3.63) is 36.5 Å². The van der Waals surface area contributed by atoms with Gasteiger partial charge in [0.2, 0.25) is 0 Å². The Kier molecular flexibility index (Phi) is 11.5. The molecule has 0 aromatic heterocycles. The Bertz CT molecular complexity index is 468. The van der Waals surface area contributed by atoms with Gasteiger partial charge in [0.25, 0.3) is 0 Å². The highest BCUT2D eigenvalue weighted by atomic mass is 16.5. The van der Waals surface area contributed by atoms with Crippen LogP contribution in [0.5, 0.6) is 0 Å². The maximum Gasteiger partial charge on any atom is 0.305 e. The van der Waals surface area contributed by atoms with Crippen molar-refractivity contribution in [3.8, 4) is 0 Å². The van der Waals surface area contributed by atoms with Crippen LogP contribution < -0.4 is 0 Å². The summed E-state index contributed by atoms with van der Waals surface area (Å²) >= 11 is 0. The molecule has 0 saturated carbocycles. The summed E-state index contributed by atoms with van der Waals surface area (Å²) in [5, 5.41) is 0. The van der Waals surface area contributed by atoms with Crippen LogP contribution in [-0.2, 0) is 9.53 Å². The van der Waals surface area contributed by atoms with E-state index in [9.17, 15) is 4.79 Å².